The second-order valence-electron chi connectivity index (χ2n) is 3.96. The Morgan fingerprint density at radius 3 is 2.94 bits per heavy atom. The maximum Gasteiger partial charge on any atom is 0.172 e. The van der Waals surface area contributed by atoms with Gasteiger partial charge in [0.05, 0.1) is 0 Å². The molecule has 0 saturated carbocycles. The summed E-state index contributed by atoms with van der Waals surface area (Å²) < 4.78 is 2.00. The van der Waals surface area contributed by atoms with Crippen LogP contribution in [0, 0.1) is 0 Å². The highest BCUT2D eigenvalue weighted by Gasteiger charge is 2.08. The van der Waals surface area contributed by atoms with Crippen molar-refractivity contribution in [1.82, 2.24) is 14.9 Å². The summed E-state index contributed by atoms with van der Waals surface area (Å²) in [5, 5.41) is 5.06. The van der Waals surface area contributed by atoms with Crippen LogP contribution in [-0.2, 0) is 13.6 Å². The Bertz CT molecular complexity index is 525. The van der Waals surface area contributed by atoms with Crippen LogP contribution < -0.4 is 5.32 Å². The molecular formula is C13H16ClN3S. The fraction of sp³-hybridized carbons (Fsp3) is 0.308. The Hall–Kier alpha value is -0.970. The number of hydrogen-bond donors (Lipinski definition) is 1. The SMILES string of the molecule is CCNCc1ccc(Cl)cc1Sc1nccn1C. The number of nitrogens with zero attached hydrogens (tertiary/aromatic N) is 2. The standard InChI is InChI=1S/C13H16ClN3S/c1-3-15-9-10-4-5-11(14)8-12(10)18-13-16-6-7-17(13)2/h4-8,15H,3,9H2,1-2H3. The fourth-order valence-electron chi connectivity index (χ4n) is 1.58. The van der Waals surface area contributed by atoms with Crippen molar-refractivity contribution in [3.8, 4) is 0 Å². The second kappa shape index (κ2) is 6.27. The molecule has 1 heterocycles. The monoisotopic (exact) mass is 281 g/mol. The largest absolute Gasteiger partial charge is 0.329 e. The van der Waals surface area contributed by atoms with Gasteiger partial charge in [-0.25, -0.2) is 4.98 Å². The van der Waals surface area contributed by atoms with E-state index in [1.807, 2.05) is 29.9 Å². The molecule has 1 aromatic carbocycles. The third-order valence-corrected chi connectivity index (χ3v) is 3.98. The number of aryl methyl sites for hydroxylation is 1. The Labute approximate surface area is 117 Å². The van der Waals surface area contributed by atoms with E-state index in [-0.39, 0.29) is 0 Å². The lowest BCUT2D eigenvalue weighted by Crippen LogP contribution is -2.12. The van der Waals surface area contributed by atoms with E-state index in [4.69, 9.17) is 11.6 Å². The highest BCUT2D eigenvalue weighted by atomic mass is 35.5. The maximum atomic E-state index is 6.07. The topological polar surface area (TPSA) is 29.9 Å². The summed E-state index contributed by atoms with van der Waals surface area (Å²) in [6.07, 6.45) is 3.74. The molecule has 0 atom stereocenters. The lowest BCUT2D eigenvalue weighted by atomic mass is 10.2. The van der Waals surface area contributed by atoms with Gasteiger partial charge in [-0.3, -0.25) is 0 Å². The fourth-order valence-corrected chi connectivity index (χ4v) is 2.79. The summed E-state index contributed by atoms with van der Waals surface area (Å²) in [4.78, 5) is 5.48. The molecule has 3 nitrogen and oxygen atoms in total. The summed E-state index contributed by atoms with van der Waals surface area (Å²) in [7, 11) is 1.99. The van der Waals surface area contributed by atoms with Crippen LogP contribution in [0.15, 0.2) is 40.6 Å². The second-order valence-corrected chi connectivity index (χ2v) is 5.40. The molecule has 1 N–H and O–H groups in total. The summed E-state index contributed by atoms with van der Waals surface area (Å²) in [5.74, 6) is 0. The van der Waals surface area contributed by atoms with E-state index in [9.17, 15) is 0 Å². The van der Waals surface area contributed by atoms with E-state index in [2.05, 4.69) is 23.3 Å². The van der Waals surface area contributed by atoms with Crippen molar-refractivity contribution in [1.29, 1.82) is 0 Å². The van der Waals surface area contributed by atoms with Crippen molar-refractivity contribution in [2.24, 2.45) is 7.05 Å². The molecule has 0 aliphatic heterocycles. The van der Waals surface area contributed by atoms with Crippen molar-refractivity contribution < 1.29 is 0 Å². The molecule has 0 spiro atoms. The molecule has 0 unspecified atom stereocenters. The van der Waals surface area contributed by atoms with Crippen LogP contribution in [0.25, 0.3) is 0 Å². The Morgan fingerprint density at radius 2 is 2.28 bits per heavy atom. The average Bonchev–Trinajstić information content (AvgIpc) is 2.74. The highest BCUT2D eigenvalue weighted by Crippen LogP contribution is 2.31. The molecule has 0 radical (unpaired) electrons. The molecule has 0 aliphatic rings. The molecule has 0 bridgehead atoms. The number of halogens is 1. The van der Waals surface area contributed by atoms with Crippen LogP contribution >= 0.6 is 23.4 Å². The molecule has 0 fully saturated rings. The minimum absolute atomic E-state index is 0.756. The predicted molar refractivity (Wildman–Crippen MR) is 76.2 cm³/mol. The number of benzene rings is 1. The number of nitrogens with one attached hydrogen (secondary N) is 1. The molecule has 5 heteroatoms. The van der Waals surface area contributed by atoms with Crippen molar-refractivity contribution in [2.45, 2.75) is 23.5 Å². The quantitative estimate of drug-likeness (QED) is 0.912. The van der Waals surface area contributed by atoms with Crippen LogP contribution in [0.4, 0.5) is 0 Å². The summed E-state index contributed by atoms with van der Waals surface area (Å²) >= 11 is 7.71. The van der Waals surface area contributed by atoms with Crippen molar-refractivity contribution >= 4 is 23.4 Å². The van der Waals surface area contributed by atoms with Crippen LogP contribution in [0.2, 0.25) is 5.02 Å². The molecule has 2 rings (SSSR count). The molecule has 0 saturated heterocycles. The zero-order chi connectivity index (χ0) is 13.0. The summed E-state index contributed by atoms with van der Waals surface area (Å²) in [6.45, 7) is 3.90. The molecule has 0 amide bonds. The van der Waals surface area contributed by atoms with Gasteiger partial charge in [-0.15, -0.1) is 0 Å². The van der Waals surface area contributed by atoms with E-state index in [0.717, 1.165) is 28.2 Å². The zero-order valence-corrected chi connectivity index (χ0v) is 12.1. The molecule has 1 aromatic heterocycles. The van der Waals surface area contributed by atoms with E-state index < -0.39 is 0 Å². The first-order chi connectivity index (χ1) is 8.70. The summed E-state index contributed by atoms with van der Waals surface area (Å²) in [6, 6.07) is 5.99. The van der Waals surface area contributed by atoms with Gasteiger partial charge in [0, 0.05) is 35.9 Å². The highest BCUT2D eigenvalue weighted by molar-refractivity contribution is 7.99. The van der Waals surface area contributed by atoms with Gasteiger partial charge < -0.3 is 9.88 Å². The van der Waals surface area contributed by atoms with Gasteiger partial charge in [0.15, 0.2) is 5.16 Å². The van der Waals surface area contributed by atoms with Gasteiger partial charge in [-0.2, -0.15) is 0 Å². The van der Waals surface area contributed by atoms with E-state index in [1.54, 1.807) is 18.0 Å². The third kappa shape index (κ3) is 3.28. The van der Waals surface area contributed by atoms with Crippen LogP contribution in [-0.4, -0.2) is 16.1 Å². The first-order valence-corrected chi connectivity index (χ1v) is 7.04. The minimum Gasteiger partial charge on any atom is -0.329 e. The summed E-state index contributed by atoms with van der Waals surface area (Å²) in [5.41, 5.74) is 1.24. The van der Waals surface area contributed by atoms with Crippen LogP contribution in [0.1, 0.15) is 12.5 Å². The zero-order valence-electron chi connectivity index (χ0n) is 10.5. The Kier molecular flexibility index (Phi) is 4.69. The first-order valence-electron chi connectivity index (χ1n) is 5.85. The normalized spacial score (nSPS) is 10.8. The van der Waals surface area contributed by atoms with Crippen molar-refractivity contribution in [2.75, 3.05) is 6.54 Å². The molecule has 0 aliphatic carbocycles. The lowest BCUT2D eigenvalue weighted by Gasteiger charge is -2.10. The number of imidazole rings is 1. The third-order valence-electron chi connectivity index (χ3n) is 2.57. The molecular weight excluding hydrogens is 266 g/mol. The van der Waals surface area contributed by atoms with E-state index in [1.165, 1.54) is 5.56 Å². The van der Waals surface area contributed by atoms with Crippen LogP contribution in [0.3, 0.4) is 0 Å². The van der Waals surface area contributed by atoms with E-state index in [0.29, 0.717) is 0 Å². The van der Waals surface area contributed by atoms with Gasteiger partial charge in [0.25, 0.3) is 0 Å². The van der Waals surface area contributed by atoms with Crippen LogP contribution in [0.5, 0.6) is 0 Å². The van der Waals surface area contributed by atoms with Gasteiger partial charge in [0.2, 0.25) is 0 Å². The first kappa shape index (κ1) is 13.5. The molecule has 18 heavy (non-hydrogen) atoms. The number of rotatable bonds is 5. The Morgan fingerprint density at radius 1 is 1.44 bits per heavy atom. The average molecular weight is 282 g/mol. The maximum absolute atomic E-state index is 6.07. The van der Waals surface area contributed by atoms with Gasteiger partial charge in [-0.1, -0.05) is 36.4 Å². The van der Waals surface area contributed by atoms with Crippen molar-refractivity contribution in [3.05, 3.63) is 41.2 Å². The number of hydrogen-bond acceptors (Lipinski definition) is 3. The molecule has 96 valence electrons. The Balaban J connectivity index is 2.24. The van der Waals surface area contributed by atoms with Crippen molar-refractivity contribution in [3.63, 3.8) is 0 Å². The van der Waals surface area contributed by atoms with E-state index >= 15 is 0 Å². The van der Waals surface area contributed by atoms with Gasteiger partial charge in [0.1, 0.15) is 0 Å². The smallest absolute Gasteiger partial charge is 0.172 e. The lowest BCUT2D eigenvalue weighted by molar-refractivity contribution is 0.717. The molecule has 2 aromatic rings. The van der Waals surface area contributed by atoms with Gasteiger partial charge in [-0.05, 0) is 24.2 Å². The predicted octanol–water partition coefficient (Wildman–Crippen LogP) is 3.33. The van der Waals surface area contributed by atoms with Gasteiger partial charge >= 0.3 is 0 Å². The minimum atomic E-state index is 0.756. The number of aromatic nitrogens is 2.